The molecule has 3 aromatic carbocycles. The Kier molecular flexibility index (Phi) is 8.81. The molecule has 1 aliphatic heterocycles. The van der Waals surface area contributed by atoms with Gasteiger partial charge in [0, 0.05) is 32.0 Å². The molecule has 3 aromatic rings. The van der Waals surface area contributed by atoms with Crippen LogP contribution >= 0.6 is 0 Å². The summed E-state index contributed by atoms with van der Waals surface area (Å²) in [5.74, 6) is -1.35. The predicted octanol–water partition coefficient (Wildman–Crippen LogP) is 3.78. The normalized spacial score (nSPS) is 15.3. The van der Waals surface area contributed by atoms with E-state index < -0.39 is 27.9 Å². The van der Waals surface area contributed by atoms with Gasteiger partial charge in [-0.05, 0) is 36.6 Å². The van der Waals surface area contributed by atoms with E-state index in [1.807, 2.05) is 74.5 Å². The van der Waals surface area contributed by atoms with E-state index in [4.69, 9.17) is 0 Å². The first-order valence-corrected chi connectivity index (χ1v) is 14.5. The third kappa shape index (κ3) is 6.37. The Bertz CT molecular complexity index is 1430. The lowest BCUT2D eigenvalue weighted by molar-refractivity contribution is -0.141. The quantitative estimate of drug-likeness (QED) is 0.394. The molecule has 0 spiro atoms. The molecule has 0 unspecified atom stereocenters. The standard InChI is InChI=1S/C30H33N3O5S/c1-3-22(2)31-29(35)26(20-23-12-6-4-7-13-23)32(21-24-14-8-5-9-15-24)28(34)18-19-33-30(36)25-16-10-11-17-27(25)39(33,37)38/h4-17,22,26H,3,18-21H2,1-2H3,(H,31,35)/t22-,26-/m1/s1. The number of nitrogens with zero attached hydrogens (tertiary/aromatic N) is 2. The highest BCUT2D eigenvalue weighted by atomic mass is 32.2. The molecule has 1 aliphatic rings. The van der Waals surface area contributed by atoms with Crippen molar-refractivity contribution < 1.29 is 22.8 Å². The summed E-state index contributed by atoms with van der Waals surface area (Å²) >= 11 is 0. The Morgan fingerprint density at radius 1 is 0.897 bits per heavy atom. The maximum atomic E-state index is 13.8. The third-order valence-corrected chi connectivity index (χ3v) is 8.75. The minimum atomic E-state index is -4.05. The second-order valence-electron chi connectivity index (χ2n) is 9.66. The number of rotatable bonds is 11. The highest BCUT2D eigenvalue weighted by Gasteiger charge is 2.41. The fourth-order valence-corrected chi connectivity index (χ4v) is 6.14. The smallest absolute Gasteiger partial charge is 0.269 e. The van der Waals surface area contributed by atoms with Crippen LogP contribution in [-0.2, 0) is 32.6 Å². The molecule has 3 amide bonds. The van der Waals surface area contributed by atoms with Gasteiger partial charge in [-0.3, -0.25) is 14.4 Å². The first kappa shape index (κ1) is 28.0. The molecule has 2 atom stereocenters. The van der Waals surface area contributed by atoms with Crippen LogP contribution < -0.4 is 5.32 Å². The summed E-state index contributed by atoms with van der Waals surface area (Å²) in [7, 11) is -4.05. The van der Waals surface area contributed by atoms with Crippen molar-refractivity contribution in [2.45, 2.75) is 56.6 Å². The zero-order chi connectivity index (χ0) is 28.0. The van der Waals surface area contributed by atoms with Gasteiger partial charge in [0.25, 0.3) is 15.9 Å². The Morgan fingerprint density at radius 2 is 1.49 bits per heavy atom. The van der Waals surface area contributed by atoms with Crippen molar-refractivity contribution in [3.05, 3.63) is 102 Å². The highest BCUT2D eigenvalue weighted by Crippen LogP contribution is 2.30. The lowest BCUT2D eigenvalue weighted by Gasteiger charge is -2.32. The van der Waals surface area contributed by atoms with Crippen molar-refractivity contribution in [1.29, 1.82) is 0 Å². The Morgan fingerprint density at radius 3 is 2.10 bits per heavy atom. The maximum absolute atomic E-state index is 13.8. The van der Waals surface area contributed by atoms with Gasteiger partial charge >= 0.3 is 0 Å². The number of benzene rings is 3. The molecule has 0 bridgehead atoms. The fourth-order valence-electron chi connectivity index (χ4n) is 4.57. The Hall–Kier alpha value is -3.98. The lowest BCUT2D eigenvalue weighted by atomic mass is 10.0. The van der Waals surface area contributed by atoms with Crippen LogP contribution in [0.25, 0.3) is 0 Å². The summed E-state index contributed by atoms with van der Waals surface area (Å²) in [5, 5.41) is 3.01. The van der Waals surface area contributed by atoms with Crippen molar-refractivity contribution in [2.75, 3.05) is 6.54 Å². The van der Waals surface area contributed by atoms with Gasteiger partial charge in [-0.2, -0.15) is 0 Å². The number of nitrogens with one attached hydrogen (secondary N) is 1. The number of sulfonamides is 1. The monoisotopic (exact) mass is 547 g/mol. The molecule has 1 N–H and O–H groups in total. The van der Waals surface area contributed by atoms with Gasteiger partial charge in [0.05, 0.1) is 5.56 Å². The molecule has 4 rings (SSSR count). The minimum Gasteiger partial charge on any atom is -0.352 e. The van der Waals surface area contributed by atoms with Crippen LogP contribution in [0.2, 0.25) is 0 Å². The molecule has 0 radical (unpaired) electrons. The zero-order valence-corrected chi connectivity index (χ0v) is 22.9. The van der Waals surface area contributed by atoms with E-state index in [0.29, 0.717) is 0 Å². The number of fused-ring (bicyclic) bond motifs is 1. The molecule has 8 nitrogen and oxygen atoms in total. The topological polar surface area (TPSA) is 104 Å². The molecule has 9 heteroatoms. The first-order chi connectivity index (χ1) is 18.7. The largest absolute Gasteiger partial charge is 0.352 e. The van der Waals surface area contributed by atoms with Crippen molar-refractivity contribution in [2.24, 2.45) is 0 Å². The Labute approximate surface area is 229 Å². The molecule has 0 saturated heterocycles. The summed E-state index contributed by atoms with van der Waals surface area (Å²) < 4.78 is 26.8. The molecule has 39 heavy (non-hydrogen) atoms. The van der Waals surface area contributed by atoms with Crippen LogP contribution in [0.15, 0.2) is 89.8 Å². The average Bonchev–Trinajstić information content (AvgIpc) is 3.14. The number of hydrogen-bond acceptors (Lipinski definition) is 5. The van der Waals surface area contributed by atoms with E-state index in [2.05, 4.69) is 5.32 Å². The van der Waals surface area contributed by atoms with E-state index >= 15 is 0 Å². The van der Waals surface area contributed by atoms with Crippen molar-refractivity contribution in [3.63, 3.8) is 0 Å². The van der Waals surface area contributed by atoms with Crippen molar-refractivity contribution in [3.8, 4) is 0 Å². The van der Waals surface area contributed by atoms with Crippen LogP contribution in [-0.4, -0.2) is 54.0 Å². The highest BCUT2D eigenvalue weighted by molar-refractivity contribution is 7.90. The zero-order valence-electron chi connectivity index (χ0n) is 22.1. The van der Waals surface area contributed by atoms with Gasteiger partial charge in [-0.1, -0.05) is 79.7 Å². The van der Waals surface area contributed by atoms with Crippen molar-refractivity contribution >= 4 is 27.7 Å². The van der Waals surface area contributed by atoms with Crippen LogP contribution in [0, 0.1) is 0 Å². The van der Waals surface area contributed by atoms with E-state index in [0.717, 1.165) is 21.9 Å². The molecule has 0 saturated carbocycles. The number of hydrogen-bond donors (Lipinski definition) is 1. The summed E-state index contributed by atoms with van der Waals surface area (Å²) in [6, 6.07) is 23.9. The van der Waals surface area contributed by atoms with E-state index in [1.165, 1.54) is 17.0 Å². The predicted molar refractivity (Wildman–Crippen MR) is 148 cm³/mol. The van der Waals surface area contributed by atoms with Gasteiger partial charge in [0.1, 0.15) is 10.9 Å². The first-order valence-electron chi connectivity index (χ1n) is 13.1. The number of amides is 3. The van der Waals surface area contributed by atoms with Crippen LogP contribution in [0.4, 0.5) is 0 Å². The summed E-state index contributed by atoms with van der Waals surface area (Å²) in [4.78, 5) is 41.7. The maximum Gasteiger partial charge on any atom is 0.269 e. The second-order valence-corrected chi connectivity index (χ2v) is 11.5. The van der Waals surface area contributed by atoms with Gasteiger partial charge < -0.3 is 10.2 Å². The van der Waals surface area contributed by atoms with Crippen molar-refractivity contribution in [1.82, 2.24) is 14.5 Å². The van der Waals surface area contributed by atoms with E-state index in [-0.39, 0.29) is 48.3 Å². The van der Waals surface area contributed by atoms with Gasteiger partial charge in [-0.15, -0.1) is 0 Å². The molecule has 0 aliphatic carbocycles. The van der Waals surface area contributed by atoms with Crippen LogP contribution in [0.3, 0.4) is 0 Å². The van der Waals surface area contributed by atoms with Gasteiger partial charge in [0.2, 0.25) is 11.8 Å². The molecular weight excluding hydrogens is 514 g/mol. The number of carbonyl (C=O) groups excluding carboxylic acids is 3. The summed E-state index contributed by atoms with van der Waals surface area (Å²) in [5.41, 5.74) is 1.82. The number of carbonyl (C=O) groups is 3. The molecule has 0 fully saturated rings. The third-order valence-electron chi connectivity index (χ3n) is 6.91. The lowest BCUT2D eigenvalue weighted by Crippen LogP contribution is -2.52. The van der Waals surface area contributed by atoms with Crippen LogP contribution in [0.1, 0.15) is 48.2 Å². The van der Waals surface area contributed by atoms with E-state index in [1.54, 1.807) is 12.1 Å². The van der Waals surface area contributed by atoms with E-state index in [9.17, 15) is 22.8 Å². The Balaban J connectivity index is 1.62. The fraction of sp³-hybridized carbons (Fsp3) is 0.300. The summed E-state index contributed by atoms with van der Waals surface area (Å²) in [6.07, 6.45) is 0.758. The molecule has 204 valence electrons. The van der Waals surface area contributed by atoms with Gasteiger partial charge in [0.15, 0.2) is 0 Å². The summed E-state index contributed by atoms with van der Waals surface area (Å²) in [6.45, 7) is 3.72. The minimum absolute atomic E-state index is 0.0570. The van der Waals surface area contributed by atoms with Crippen LogP contribution in [0.5, 0.6) is 0 Å². The molecule has 1 heterocycles. The molecular formula is C30H33N3O5S. The molecule has 0 aromatic heterocycles. The van der Waals surface area contributed by atoms with Gasteiger partial charge in [-0.25, -0.2) is 12.7 Å². The second kappa shape index (κ2) is 12.3. The average molecular weight is 548 g/mol. The SMILES string of the molecule is CC[C@@H](C)NC(=O)[C@@H](Cc1ccccc1)N(Cc1ccccc1)C(=O)CCN1C(=O)c2ccccc2S1(=O)=O.